The molecule has 10 heavy (non-hydrogen) atoms. The molecule has 0 spiro atoms. The van der Waals surface area contributed by atoms with Crippen molar-refractivity contribution in [2.24, 2.45) is 0 Å². The molecule has 2 aliphatic rings. The summed E-state index contributed by atoms with van der Waals surface area (Å²) in [6, 6.07) is 0.741. The molecule has 0 saturated heterocycles. The van der Waals surface area contributed by atoms with Crippen LogP contribution in [0.2, 0.25) is 0 Å². The SMILES string of the molecule is C1=C(CNC2CC2)OOC1. The summed E-state index contributed by atoms with van der Waals surface area (Å²) >= 11 is 0. The Balaban J connectivity index is 1.68. The van der Waals surface area contributed by atoms with Crippen LogP contribution in [0.15, 0.2) is 11.8 Å². The Hall–Kier alpha value is -0.540. The van der Waals surface area contributed by atoms with Crippen LogP contribution in [0.3, 0.4) is 0 Å². The van der Waals surface area contributed by atoms with Crippen LogP contribution in [0.25, 0.3) is 0 Å². The normalized spacial score (nSPS) is 24.2. The van der Waals surface area contributed by atoms with Gasteiger partial charge in [0, 0.05) is 6.04 Å². The first-order chi connectivity index (χ1) is 4.95. The van der Waals surface area contributed by atoms with Crippen LogP contribution in [0.1, 0.15) is 12.8 Å². The highest BCUT2D eigenvalue weighted by molar-refractivity contribution is 4.99. The lowest BCUT2D eigenvalue weighted by Gasteiger charge is -2.00. The van der Waals surface area contributed by atoms with E-state index in [0.717, 1.165) is 18.3 Å². The maximum Gasteiger partial charge on any atom is 0.154 e. The quantitative estimate of drug-likeness (QED) is 0.583. The summed E-state index contributed by atoms with van der Waals surface area (Å²) in [5, 5.41) is 3.33. The highest BCUT2D eigenvalue weighted by Crippen LogP contribution is 2.19. The van der Waals surface area contributed by atoms with Crippen LogP contribution >= 0.6 is 0 Å². The first kappa shape index (κ1) is 6.19. The molecule has 1 aliphatic carbocycles. The zero-order valence-corrected chi connectivity index (χ0v) is 5.80. The fourth-order valence-corrected chi connectivity index (χ4v) is 0.905. The minimum Gasteiger partial charge on any atom is -0.341 e. The van der Waals surface area contributed by atoms with Gasteiger partial charge >= 0.3 is 0 Å². The molecule has 0 atom stereocenters. The van der Waals surface area contributed by atoms with Crippen molar-refractivity contribution in [3.8, 4) is 0 Å². The van der Waals surface area contributed by atoms with Crippen LogP contribution in [-0.4, -0.2) is 19.2 Å². The lowest BCUT2D eigenvalue weighted by Crippen LogP contribution is -2.19. The van der Waals surface area contributed by atoms with E-state index in [1.54, 1.807) is 0 Å². The van der Waals surface area contributed by atoms with E-state index < -0.39 is 0 Å². The van der Waals surface area contributed by atoms with Gasteiger partial charge in [0.15, 0.2) is 5.76 Å². The van der Waals surface area contributed by atoms with Gasteiger partial charge < -0.3 is 10.2 Å². The van der Waals surface area contributed by atoms with Crippen LogP contribution in [-0.2, 0) is 9.78 Å². The van der Waals surface area contributed by atoms with Gasteiger partial charge in [0.25, 0.3) is 0 Å². The van der Waals surface area contributed by atoms with Crippen LogP contribution in [0, 0.1) is 0 Å². The molecule has 0 aromatic rings. The molecule has 1 aliphatic heterocycles. The summed E-state index contributed by atoms with van der Waals surface area (Å²) < 4.78 is 0. The molecule has 1 fully saturated rings. The molecule has 0 bridgehead atoms. The smallest absolute Gasteiger partial charge is 0.154 e. The van der Waals surface area contributed by atoms with Crippen molar-refractivity contribution in [2.45, 2.75) is 18.9 Å². The van der Waals surface area contributed by atoms with Gasteiger partial charge in [0.2, 0.25) is 0 Å². The lowest BCUT2D eigenvalue weighted by atomic mass is 10.4. The molecule has 1 saturated carbocycles. The highest BCUT2D eigenvalue weighted by atomic mass is 17.2. The summed E-state index contributed by atoms with van der Waals surface area (Å²) in [7, 11) is 0. The van der Waals surface area contributed by atoms with E-state index in [0.29, 0.717) is 6.61 Å². The molecule has 1 heterocycles. The van der Waals surface area contributed by atoms with E-state index in [1.807, 2.05) is 6.08 Å². The molecule has 0 amide bonds. The van der Waals surface area contributed by atoms with Crippen molar-refractivity contribution in [3.05, 3.63) is 11.8 Å². The zero-order chi connectivity index (χ0) is 6.81. The molecular weight excluding hydrogens is 130 g/mol. The third-order valence-electron chi connectivity index (χ3n) is 1.69. The van der Waals surface area contributed by atoms with Crippen molar-refractivity contribution in [1.82, 2.24) is 5.32 Å². The second kappa shape index (κ2) is 2.60. The molecule has 56 valence electrons. The first-order valence-corrected chi connectivity index (χ1v) is 3.67. The van der Waals surface area contributed by atoms with Gasteiger partial charge in [-0.2, -0.15) is 4.89 Å². The third kappa shape index (κ3) is 1.49. The van der Waals surface area contributed by atoms with E-state index >= 15 is 0 Å². The second-order valence-electron chi connectivity index (χ2n) is 2.69. The van der Waals surface area contributed by atoms with Gasteiger partial charge in [0.05, 0.1) is 6.54 Å². The minimum absolute atomic E-state index is 0.599. The lowest BCUT2D eigenvalue weighted by molar-refractivity contribution is -0.234. The fourth-order valence-electron chi connectivity index (χ4n) is 0.905. The van der Waals surface area contributed by atoms with Crippen molar-refractivity contribution < 1.29 is 9.78 Å². The molecule has 0 unspecified atom stereocenters. The number of hydrogen-bond donors (Lipinski definition) is 1. The fraction of sp³-hybridized carbons (Fsp3) is 0.714. The average molecular weight is 141 g/mol. The molecule has 1 N–H and O–H groups in total. The molecule has 3 heteroatoms. The van der Waals surface area contributed by atoms with Gasteiger partial charge in [-0.1, -0.05) is 0 Å². The van der Waals surface area contributed by atoms with Crippen LogP contribution in [0.4, 0.5) is 0 Å². The summed E-state index contributed by atoms with van der Waals surface area (Å²) in [5.74, 6) is 0.923. The van der Waals surface area contributed by atoms with Crippen LogP contribution in [0.5, 0.6) is 0 Å². The number of hydrogen-bond acceptors (Lipinski definition) is 3. The molecular formula is C7H11NO2. The molecule has 0 aromatic heterocycles. The third-order valence-corrected chi connectivity index (χ3v) is 1.69. The molecule has 0 aromatic carbocycles. The second-order valence-corrected chi connectivity index (χ2v) is 2.69. The Morgan fingerprint density at radius 2 is 2.50 bits per heavy atom. The summed E-state index contributed by atoms with van der Waals surface area (Å²) in [4.78, 5) is 9.51. The Kier molecular flexibility index (Phi) is 1.61. The van der Waals surface area contributed by atoms with Gasteiger partial charge in [-0.25, -0.2) is 0 Å². The standard InChI is InChI=1S/C7H11NO2/c1-2-6(1)8-5-7-3-4-9-10-7/h3,6,8H,1-2,4-5H2. The Morgan fingerprint density at radius 3 is 3.10 bits per heavy atom. The van der Waals surface area contributed by atoms with E-state index in [2.05, 4.69) is 10.2 Å². The Morgan fingerprint density at radius 1 is 1.60 bits per heavy atom. The number of rotatable bonds is 3. The van der Waals surface area contributed by atoms with Gasteiger partial charge in [-0.3, -0.25) is 0 Å². The first-order valence-electron chi connectivity index (χ1n) is 3.67. The monoisotopic (exact) mass is 141 g/mol. The summed E-state index contributed by atoms with van der Waals surface area (Å²) in [6.07, 6.45) is 4.58. The number of nitrogens with one attached hydrogen (secondary N) is 1. The minimum atomic E-state index is 0.599. The van der Waals surface area contributed by atoms with Crippen molar-refractivity contribution >= 4 is 0 Å². The Bertz CT molecular complexity index is 152. The summed E-state index contributed by atoms with van der Waals surface area (Å²) in [6.45, 7) is 1.42. The van der Waals surface area contributed by atoms with E-state index in [1.165, 1.54) is 12.8 Å². The molecule has 0 radical (unpaired) electrons. The summed E-state index contributed by atoms with van der Waals surface area (Å²) in [5.41, 5.74) is 0. The molecule has 3 nitrogen and oxygen atoms in total. The topological polar surface area (TPSA) is 30.5 Å². The Labute approximate surface area is 59.9 Å². The predicted molar refractivity (Wildman–Crippen MR) is 36.1 cm³/mol. The van der Waals surface area contributed by atoms with Crippen molar-refractivity contribution in [1.29, 1.82) is 0 Å². The van der Waals surface area contributed by atoms with Crippen LogP contribution < -0.4 is 5.32 Å². The van der Waals surface area contributed by atoms with Gasteiger partial charge in [-0.15, -0.1) is 0 Å². The van der Waals surface area contributed by atoms with E-state index in [9.17, 15) is 0 Å². The van der Waals surface area contributed by atoms with Crippen molar-refractivity contribution in [3.63, 3.8) is 0 Å². The van der Waals surface area contributed by atoms with Gasteiger partial charge in [0.1, 0.15) is 6.61 Å². The van der Waals surface area contributed by atoms with E-state index in [-0.39, 0.29) is 0 Å². The van der Waals surface area contributed by atoms with Gasteiger partial charge in [-0.05, 0) is 18.9 Å². The maximum atomic E-state index is 4.83. The van der Waals surface area contributed by atoms with Crippen molar-refractivity contribution in [2.75, 3.05) is 13.2 Å². The zero-order valence-electron chi connectivity index (χ0n) is 5.80. The molecule has 2 rings (SSSR count). The largest absolute Gasteiger partial charge is 0.341 e. The predicted octanol–water partition coefficient (Wildman–Crippen LogP) is 0.584. The van der Waals surface area contributed by atoms with E-state index in [4.69, 9.17) is 4.89 Å². The maximum absolute atomic E-state index is 4.83. The highest BCUT2D eigenvalue weighted by Gasteiger charge is 2.21. The average Bonchev–Trinajstić information content (AvgIpc) is 2.63.